The third-order valence-electron chi connectivity index (χ3n) is 4.58. The van der Waals surface area contributed by atoms with E-state index in [0.717, 1.165) is 16.0 Å². The van der Waals surface area contributed by atoms with Gasteiger partial charge in [0, 0.05) is 10.8 Å². The molecule has 0 unspecified atom stereocenters. The van der Waals surface area contributed by atoms with Crippen LogP contribution in [0, 0.1) is 6.92 Å². The van der Waals surface area contributed by atoms with E-state index < -0.39 is 17.8 Å². The Kier molecular flexibility index (Phi) is 5.97. The predicted molar refractivity (Wildman–Crippen MR) is 120 cm³/mol. The smallest absolute Gasteiger partial charge is 0.335 e. The molecule has 4 amide bonds. The van der Waals surface area contributed by atoms with Crippen LogP contribution in [0.15, 0.2) is 75.7 Å². The molecular formula is C23H17ClN2O4S. The number of hydrogen-bond donors (Lipinski definition) is 1. The number of carbonyl (C=O) groups excluding carboxylic acids is 3. The topological polar surface area (TPSA) is 79.6 Å². The highest BCUT2D eigenvalue weighted by Crippen LogP contribution is 2.28. The summed E-state index contributed by atoms with van der Waals surface area (Å²) >= 11 is 7.37. The highest BCUT2D eigenvalue weighted by molar-refractivity contribution is 7.98. The monoisotopic (exact) mass is 452 g/mol. The fraction of sp³-hybridized carbons (Fsp3) is 0.0870. The van der Waals surface area contributed by atoms with Gasteiger partial charge < -0.3 is 4.42 Å². The zero-order valence-corrected chi connectivity index (χ0v) is 18.0. The number of benzene rings is 2. The maximum atomic E-state index is 12.9. The molecule has 0 bridgehead atoms. The van der Waals surface area contributed by atoms with Gasteiger partial charge in [-0.2, -0.15) is 0 Å². The number of nitrogens with zero attached hydrogens (tertiary/aromatic N) is 1. The van der Waals surface area contributed by atoms with E-state index in [1.165, 1.54) is 17.8 Å². The van der Waals surface area contributed by atoms with Crippen molar-refractivity contribution in [3.8, 4) is 0 Å². The Bertz CT molecular complexity index is 1180. The Balaban J connectivity index is 1.52. The van der Waals surface area contributed by atoms with Crippen molar-refractivity contribution in [3.63, 3.8) is 0 Å². The lowest BCUT2D eigenvalue weighted by Gasteiger charge is -2.26. The van der Waals surface area contributed by atoms with Gasteiger partial charge in [-0.15, -0.1) is 0 Å². The first-order valence-corrected chi connectivity index (χ1v) is 10.7. The molecule has 1 fully saturated rings. The molecule has 1 aliphatic heterocycles. The minimum Gasteiger partial charge on any atom is -0.450 e. The van der Waals surface area contributed by atoms with Crippen molar-refractivity contribution in [1.82, 2.24) is 5.32 Å². The number of imide groups is 2. The first-order valence-electron chi connectivity index (χ1n) is 9.36. The summed E-state index contributed by atoms with van der Waals surface area (Å²) in [5.74, 6) is -0.444. The van der Waals surface area contributed by atoms with Gasteiger partial charge in [-0.05, 0) is 55.0 Å². The standard InChI is InChI=1S/C23H17ClN2O4S/c1-14-2-8-17(9-3-14)26-22(28)19(21(27)25-23(26)29)12-18-10-11-20(30-18)31-13-15-4-6-16(24)7-5-15/h2-12H,13H2,1H3,(H,25,27,29). The van der Waals surface area contributed by atoms with Gasteiger partial charge in [-0.25, -0.2) is 9.69 Å². The number of aryl methyl sites for hydroxylation is 1. The van der Waals surface area contributed by atoms with E-state index in [4.69, 9.17) is 16.0 Å². The number of thioether (sulfide) groups is 1. The van der Waals surface area contributed by atoms with Crippen LogP contribution >= 0.6 is 23.4 Å². The number of nitrogens with one attached hydrogen (secondary N) is 1. The van der Waals surface area contributed by atoms with E-state index in [-0.39, 0.29) is 5.57 Å². The van der Waals surface area contributed by atoms with Gasteiger partial charge >= 0.3 is 6.03 Å². The highest BCUT2D eigenvalue weighted by Gasteiger charge is 2.37. The van der Waals surface area contributed by atoms with Gasteiger partial charge in [0.1, 0.15) is 11.3 Å². The van der Waals surface area contributed by atoms with Gasteiger partial charge in [0.15, 0.2) is 5.09 Å². The number of urea groups is 1. The van der Waals surface area contributed by atoms with Gasteiger partial charge in [0.2, 0.25) is 0 Å². The normalized spacial score (nSPS) is 15.5. The molecule has 6 nitrogen and oxygen atoms in total. The molecular weight excluding hydrogens is 436 g/mol. The van der Waals surface area contributed by atoms with Crippen molar-refractivity contribution in [1.29, 1.82) is 0 Å². The van der Waals surface area contributed by atoms with Gasteiger partial charge in [0.05, 0.1) is 5.69 Å². The Hall–Kier alpha value is -3.29. The Morgan fingerprint density at radius 1 is 1.00 bits per heavy atom. The second kappa shape index (κ2) is 8.83. The van der Waals surface area contributed by atoms with Crippen molar-refractivity contribution in [2.45, 2.75) is 17.8 Å². The molecule has 2 aromatic carbocycles. The third kappa shape index (κ3) is 4.73. The maximum Gasteiger partial charge on any atom is 0.335 e. The second-order valence-corrected chi connectivity index (χ2v) is 8.28. The Morgan fingerprint density at radius 2 is 1.71 bits per heavy atom. The molecule has 0 saturated carbocycles. The maximum absolute atomic E-state index is 12.9. The van der Waals surface area contributed by atoms with E-state index in [1.54, 1.807) is 36.4 Å². The summed E-state index contributed by atoms with van der Waals surface area (Å²) in [6.45, 7) is 1.90. The number of anilines is 1. The van der Waals surface area contributed by atoms with Crippen LogP contribution in [-0.4, -0.2) is 17.8 Å². The van der Waals surface area contributed by atoms with Crippen LogP contribution in [0.5, 0.6) is 0 Å². The third-order valence-corrected chi connectivity index (χ3v) is 5.81. The van der Waals surface area contributed by atoms with Crippen molar-refractivity contribution >= 4 is 53.0 Å². The SMILES string of the molecule is Cc1ccc(N2C(=O)NC(=O)C(=Cc3ccc(SCc4ccc(Cl)cc4)o3)C2=O)cc1. The van der Waals surface area contributed by atoms with Crippen molar-refractivity contribution in [3.05, 3.63) is 88.1 Å². The van der Waals surface area contributed by atoms with Gasteiger partial charge in [-0.3, -0.25) is 14.9 Å². The quantitative estimate of drug-likeness (QED) is 0.327. The van der Waals surface area contributed by atoms with E-state index >= 15 is 0 Å². The van der Waals surface area contributed by atoms with Crippen molar-refractivity contribution in [2.24, 2.45) is 0 Å². The highest BCUT2D eigenvalue weighted by atomic mass is 35.5. The molecule has 2 heterocycles. The zero-order chi connectivity index (χ0) is 22.0. The average Bonchev–Trinajstić information content (AvgIpc) is 3.19. The summed E-state index contributed by atoms with van der Waals surface area (Å²) in [6.07, 6.45) is 1.34. The Labute approximate surface area is 187 Å². The summed E-state index contributed by atoms with van der Waals surface area (Å²) in [4.78, 5) is 38.4. The number of barbiturate groups is 1. The summed E-state index contributed by atoms with van der Waals surface area (Å²) in [6, 6.07) is 17.0. The lowest BCUT2D eigenvalue weighted by Crippen LogP contribution is -2.54. The molecule has 1 aliphatic rings. The number of halogens is 1. The van der Waals surface area contributed by atoms with Gasteiger partial charge in [0.25, 0.3) is 11.8 Å². The number of amides is 4. The molecule has 3 aromatic rings. The van der Waals surface area contributed by atoms with Crippen molar-refractivity contribution in [2.75, 3.05) is 4.90 Å². The van der Waals surface area contributed by atoms with Crippen LogP contribution in [0.4, 0.5) is 10.5 Å². The number of hydrogen-bond acceptors (Lipinski definition) is 5. The molecule has 1 aromatic heterocycles. The second-order valence-electron chi connectivity index (χ2n) is 6.87. The zero-order valence-electron chi connectivity index (χ0n) is 16.4. The lowest BCUT2D eigenvalue weighted by molar-refractivity contribution is -0.122. The summed E-state index contributed by atoms with van der Waals surface area (Å²) in [5.41, 5.74) is 2.27. The molecule has 4 rings (SSSR count). The van der Waals surface area contributed by atoms with Crippen LogP contribution in [0.25, 0.3) is 6.08 Å². The first kappa shape index (κ1) is 21.0. The van der Waals surface area contributed by atoms with E-state index in [1.807, 2.05) is 31.2 Å². The molecule has 0 spiro atoms. The predicted octanol–water partition coefficient (Wildman–Crippen LogP) is 5.20. The molecule has 8 heteroatoms. The number of rotatable bonds is 5. The van der Waals surface area contributed by atoms with Crippen LogP contribution in [0.1, 0.15) is 16.9 Å². The average molecular weight is 453 g/mol. The largest absolute Gasteiger partial charge is 0.450 e. The molecule has 31 heavy (non-hydrogen) atoms. The van der Waals surface area contributed by atoms with Crippen LogP contribution < -0.4 is 10.2 Å². The van der Waals surface area contributed by atoms with Crippen LogP contribution in [0.3, 0.4) is 0 Å². The Morgan fingerprint density at radius 3 is 2.42 bits per heavy atom. The van der Waals surface area contributed by atoms with E-state index in [2.05, 4.69) is 5.32 Å². The lowest BCUT2D eigenvalue weighted by atomic mass is 10.1. The summed E-state index contributed by atoms with van der Waals surface area (Å²) < 4.78 is 5.74. The van der Waals surface area contributed by atoms with E-state index in [0.29, 0.717) is 27.3 Å². The fourth-order valence-electron chi connectivity index (χ4n) is 2.95. The minimum atomic E-state index is -0.783. The summed E-state index contributed by atoms with van der Waals surface area (Å²) in [7, 11) is 0. The van der Waals surface area contributed by atoms with Crippen LogP contribution in [-0.2, 0) is 15.3 Å². The van der Waals surface area contributed by atoms with Gasteiger partial charge in [-0.1, -0.05) is 53.2 Å². The minimum absolute atomic E-state index is 0.177. The van der Waals surface area contributed by atoms with Crippen LogP contribution in [0.2, 0.25) is 5.02 Å². The molecule has 1 saturated heterocycles. The van der Waals surface area contributed by atoms with E-state index in [9.17, 15) is 14.4 Å². The fourth-order valence-corrected chi connectivity index (χ4v) is 3.90. The first-order chi connectivity index (χ1) is 14.9. The molecule has 1 N–H and O–H groups in total. The number of carbonyl (C=O) groups is 3. The molecule has 0 atom stereocenters. The molecule has 0 aliphatic carbocycles. The number of furan rings is 1. The molecule has 156 valence electrons. The van der Waals surface area contributed by atoms with Crippen molar-refractivity contribution < 1.29 is 18.8 Å². The molecule has 0 radical (unpaired) electrons. The summed E-state index contributed by atoms with van der Waals surface area (Å²) in [5, 5.41) is 3.51.